The van der Waals surface area contributed by atoms with Gasteiger partial charge in [0.25, 0.3) is 15.9 Å². The lowest BCUT2D eigenvalue weighted by Crippen LogP contribution is -2.16. The van der Waals surface area contributed by atoms with Crippen molar-refractivity contribution >= 4 is 38.9 Å². The van der Waals surface area contributed by atoms with Crippen molar-refractivity contribution in [2.45, 2.75) is 24.9 Å². The summed E-state index contributed by atoms with van der Waals surface area (Å²) in [5.41, 5.74) is 0.505. The van der Waals surface area contributed by atoms with Gasteiger partial charge in [-0.15, -0.1) is 0 Å². The third-order valence-corrected chi connectivity index (χ3v) is 6.32. The van der Waals surface area contributed by atoms with Crippen LogP contribution in [-0.2, 0) is 16.2 Å². The highest BCUT2D eigenvalue weighted by molar-refractivity contribution is 7.92. The summed E-state index contributed by atoms with van der Waals surface area (Å²) in [7, 11) is -3.90. The molecule has 0 heterocycles. The molecule has 10 heteroatoms. The van der Waals surface area contributed by atoms with E-state index in [1.807, 2.05) is 6.92 Å². The second-order valence-electron chi connectivity index (χ2n) is 7.09. The van der Waals surface area contributed by atoms with Crippen LogP contribution in [0.1, 0.15) is 27.0 Å². The Morgan fingerprint density at radius 1 is 0.938 bits per heavy atom. The number of halogens is 4. The summed E-state index contributed by atoms with van der Waals surface area (Å²) < 4.78 is 66.9. The standard InChI is InChI=1S/C22H18ClF3N2O3S/c1-13-3-8-17(9-4-13)32(30,31)28-20-11-15(6-5-14(20)2)21(29)27-16-7-10-19(23)18(12-16)22(24,25)26/h3-12,28H,1-2H3,(H,27,29). The van der Waals surface area contributed by atoms with Crippen molar-refractivity contribution in [3.8, 4) is 0 Å². The van der Waals surface area contributed by atoms with Gasteiger partial charge in [-0.25, -0.2) is 8.42 Å². The van der Waals surface area contributed by atoms with Crippen molar-refractivity contribution in [2.24, 2.45) is 0 Å². The lowest BCUT2D eigenvalue weighted by Gasteiger charge is -2.14. The minimum absolute atomic E-state index is 0.0539. The Kier molecular flexibility index (Phi) is 6.52. The number of hydrogen-bond donors (Lipinski definition) is 2. The van der Waals surface area contributed by atoms with E-state index in [0.717, 1.165) is 17.7 Å². The highest BCUT2D eigenvalue weighted by Gasteiger charge is 2.33. The minimum Gasteiger partial charge on any atom is -0.322 e. The Balaban J connectivity index is 1.85. The highest BCUT2D eigenvalue weighted by atomic mass is 35.5. The molecule has 0 fully saturated rings. The SMILES string of the molecule is Cc1ccc(S(=O)(=O)Nc2cc(C(=O)Nc3ccc(Cl)c(C(F)(F)F)c3)ccc2C)cc1. The van der Waals surface area contributed by atoms with E-state index in [2.05, 4.69) is 10.0 Å². The van der Waals surface area contributed by atoms with Crippen LogP contribution in [0.3, 0.4) is 0 Å². The Labute approximate surface area is 188 Å². The zero-order valence-corrected chi connectivity index (χ0v) is 18.5. The van der Waals surface area contributed by atoms with Crippen LogP contribution in [0.4, 0.5) is 24.5 Å². The molecule has 0 atom stereocenters. The molecule has 0 bridgehead atoms. The van der Waals surface area contributed by atoms with Gasteiger partial charge < -0.3 is 5.32 Å². The molecule has 0 unspecified atom stereocenters. The lowest BCUT2D eigenvalue weighted by molar-refractivity contribution is -0.137. The van der Waals surface area contributed by atoms with E-state index in [4.69, 9.17) is 11.6 Å². The third kappa shape index (κ3) is 5.41. The van der Waals surface area contributed by atoms with Crippen LogP contribution in [0.2, 0.25) is 5.02 Å². The monoisotopic (exact) mass is 482 g/mol. The normalized spacial score (nSPS) is 11.8. The first-order valence-electron chi connectivity index (χ1n) is 9.25. The number of rotatable bonds is 5. The highest BCUT2D eigenvalue weighted by Crippen LogP contribution is 2.36. The second-order valence-corrected chi connectivity index (χ2v) is 9.18. The molecule has 0 saturated heterocycles. The Hall–Kier alpha value is -3.04. The molecule has 32 heavy (non-hydrogen) atoms. The van der Waals surface area contributed by atoms with Crippen LogP contribution in [0.5, 0.6) is 0 Å². The fourth-order valence-electron chi connectivity index (χ4n) is 2.82. The Bertz CT molecular complexity index is 1270. The Morgan fingerprint density at radius 3 is 2.22 bits per heavy atom. The summed E-state index contributed by atoms with van der Waals surface area (Å²) in [6, 6.07) is 13.5. The largest absolute Gasteiger partial charge is 0.417 e. The second kappa shape index (κ2) is 8.84. The van der Waals surface area contributed by atoms with E-state index >= 15 is 0 Å². The molecule has 3 rings (SSSR count). The van der Waals surface area contributed by atoms with Gasteiger partial charge in [0.2, 0.25) is 0 Å². The van der Waals surface area contributed by atoms with E-state index in [1.165, 1.54) is 36.4 Å². The van der Waals surface area contributed by atoms with Crippen molar-refractivity contribution in [1.29, 1.82) is 0 Å². The van der Waals surface area contributed by atoms with Gasteiger partial charge in [-0.3, -0.25) is 9.52 Å². The maximum atomic E-state index is 13.0. The number of carbonyl (C=O) groups is 1. The van der Waals surface area contributed by atoms with Gasteiger partial charge in [-0.1, -0.05) is 35.4 Å². The molecule has 0 aromatic heterocycles. The smallest absolute Gasteiger partial charge is 0.322 e. The summed E-state index contributed by atoms with van der Waals surface area (Å²) in [6.45, 7) is 3.48. The number of nitrogens with one attached hydrogen (secondary N) is 2. The maximum Gasteiger partial charge on any atom is 0.417 e. The molecule has 0 saturated carbocycles. The van der Waals surface area contributed by atoms with Crippen molar-refractivity contribution in [1.82, 2.24) is 0 Å². The van der Waals surface area contributed by atoms with Gasteiger partial charge in [0.15, 0.2) is 0 Å². The average Bonchev–Trinajstić information content (AvgIpc) is 2.70. The van der Waals surface area contributed by atoms with E-state index in [-0.39, 0.29) is 21.8 Å². The number of hydrogen-bond acceptors (Lipinski definition) is 3. The molecule has 0 spiro atoms. The van der Waals surface area contributed by atoms with Crippen molar-refractivity contribution in [3.05, 3.63) is 87.9 Å². The molecule has 0 aliphatic rings. The van der Waals surface area contributed by atoms with Crippen molar-refractivity contribution in [3.63, 3.8) is 0 Å². The zero-order valence-electron chi connectivity index (χ0n) is 16.9. The summed E-state index contributed by atoms with van der Waals surface area (Å²) in [4.78, 5) is 12.6. The average molecular weight is 483 g/mol. The molecule has 3 aromatic rings. The fraction of sp³-hybridized carbons (Fsp3) is 0.136. The summed E-state index contributed by atoms with van der Waals surface area (Å²) >= 11 is 5.60. The van der Waals surface area contributed by atoms with Gasteiger partial charge in [-0.05, 0) is 61.9 Å². The van der Waals surface area contributed by atoms with E-state index in [9.17, 15) is 26.4 Å². The molecule has 2 N–H and O–H groups in total. The number of alkyl halides is 3. The first-order valence-corrected chi connectivity index (χ1v) is 11.1. The van der Waals surface area contributed by atoms with Crippen LogP contribution in [-0.4, -0.2) is 14.3 Å². The number of anilines is 2. The van der Waals surface area contributed by atoms with Crippen LogP contribution in [0.25, 0.3) is 0 Å². The predicted octanol–water partition coefficient (Wildman–Crippen LogP) is 6.03. The number of carbonyl (C=O) groups excluding carboxylic acids is 1. The van der Waals surface area contributed by atoms with Gasteiger partial charge in [-0.2, -0.15) is 13.2 Å². The van der Waals surface area contributed by atoms with Gasteiger partial charge in [0.05, 0.1) is 21.2 Å². The maximum absolute atomic E-state index is 13.0. The number of benzene rings is 3. The van der Waals surface area contributed by atoms with Gasteiger partial charge in [0.1, 0.15) is 0 Å². The predicted molar refractivity (Wildman–Crippen MR) is 118 cm³/mol. The molecule has 3 aromatic carbocycles. The topological polar surface area (TPSA) is 75.3 Å². The number of sulfonamides is 1. The molecule has 0 aliphatic carbocycles. The molecule has 0 aliphatic heterocycles. The Morgan fingerprint density at radius 2 is 1.59 bits per heavy atom. The number of aryl methyl sites for hydroxylation is 2. The molecule has 5 nitrogen and oxygen atoms in total. The molecule has 168 valence electrons. The molecule has 0 radical (unpaired) electrons. The molecular weight excluding hydrogens is 465 g/mol. The number of amides is 1. The van der Waals surface area contributed by atoms with Crippen LogP contribution in [0.15, 0.2) is 65.6 Å². The molecular formula is C22H18ClF3N2O3S. The lowest BCUT2D eigenvalue weighted by atomic mass is 10.1. The minimum atomic E-state index is -4.68. The van der Waals surface area contributed by atoms with E-state index in [0.29, 0.717) is 5.56 Å². The van der Waals surface area contributed by atoms with Crippen molar-refractivity contribution in [2.75, 3.05) is 10.0 Å². The van der Waals surface area contributed by atoms with Gasteiger partial charge >= 0.3 is 6.18 Å². The van der Waals surface area contributed by atoms with E-state index in [1.54, 1.807) is 19.1 Å². The van der Waals surface area contributed by atoms with E-state index < -0.39 is 32.7 Å². The quantitative estimate of drug-likeness (QED) is 0.466. The van der Waals surface area contributed by atoms with Crippen molar-refractivity contribution < 1.29 is 26.4 Å². The third-order valence-electron chi connectivity index (χ3n) is 4.60. The fourth-order valence-corrected chi connectivity index (χ4v) is 4.16. The van der Waals surface area contributed by atoms with Crippen LogP contribution < -0.4 is 10.0 Å². The first kappa shape index (κ1) is 23.6. The van der Waals surface area contributed by atoms with Crippen LogP contribution in [0, 0.1) is 13.8 Å². The van der Waals surface area contributed by atoms with Gasteiger partial charge in [0, 0.05) is 11.3 Å². The summed E-state index contributed by atoms with van der Waals surface area (Å²) in [5.74, 6) is -0.712. The first-order chi connectivity index (χ1) is 14.9. The zero-order chi connectivity index (χ0) is 23.7. The summed E-state index contributed by atoms with van der Waals surface area (Å²) in [6.07, 6.45) is -4.68. The summed E-state index contributed by atoms with van der Waals surface area (Å²) in [5, 5.41) is 1.88. The molecule has 1 amide bonds. The van der Waals surface area contributed by atoms with Crippen LogP contribution >= 0.6 is 11.6 Å².